The molecule has 0 aliphatic heterocycles. The molecule has 5 heteroatoms. The van der Waals surface area contributed by atoms with Gasteiger partial charge < -0.3 is 5.73 Å². The molecule has 0 saturated heterocycles. The Hall–Kier alpha value is -0.940. The maximum absolute atomic E-state index is 11.1. The number of nitrogens with two attached hydrogens (primary N) is 1. The summed E-state index contributed by atoms with van der Waals surface area (Å²) in [6.45, 7) is 1.91. The molecular weight excluding hydrogens is 264 g/mol. The lowest BCUT2D eigenvalue weighted by Gasteiger charge is -1.99. The molecule has 0 aromatic carbocycles. The van der Waals surface area contributed by atoms with Gasteiger partial charge in [-0.25, -0.2) is 0 Å². The molecule has 72 valence electrons. The van der Waals surface area contributed by atoms with Crippen LogP contribution in [0.15, 0.2) is 16.0 Å². The average Bonchev–Trinajstić information content (AvgIpc) is 2.47. The molecule has 0 aliphatic rings. The van der Waals surface area contributed by atoms with E-state index in [1.165, 1.54) is 17.5 Å². The summed E-state index contributed by atoms with van der Waals surface area (Å²) in [6, 6.07) is 1.95. The smallest absolute Gasteiger partial charge is 0.251 e. The summed E-state index contributed by atoms with van der Waals surface area (Å²) in [4.78, 5) is 15.2. The Morgan fingerprint density at radius 3 is 3.00 bits per heavy atom. The van der Waals surface area contributed by atoms with Crippen LogP contribution in [0.1, 0.15) is 16.1 Å². The summed E-state index contributed by atoms with van der Waals surface area (Å²) >= 11 is 4.88. The molecule has 3 nitrogen and oxygen atoms in total. The lowest BCUT2D eigenvalue weighted by atomic mass is 10.2. The molecule has 2 aromatic heterocycles. The predicted octanol–water partition coefficient (Wildman–Crippen LogP) is 2.47. The largest absolute Gasteiger partial charge is 0.366 e. The fraction of sp³-hybridized carbons (Fsp3) is 0.111. The van der Waals surface area contributed by atoms with Crippen molar-refractivity contribution in [2.24, 2.45) is 5.73 Å². The number of hydrogen-bond donors (Lipinski definition) is 1. The Balaban J connectivity index is 2.87. The summed E-state index contributed by atoms with van der Waals surface area (Å²) in [5, 5.41) is 0.984. The Labute approximate surface area is 93.1 Å². The highest BCUT2D eigenvalue weighted by Gasteiger charge is 2.11. The minimum Gasteiger partial charge on any atom is -0.366 e. The highest BCUT2D eigenvalue weighted by Crippen LogP contribution is 2.33. The number of carbonyl (C=O) groups is 1. The summed E-state index contributed by atoms with van der Waals surface area (Å²) in [6.07, 6.45) is 1.53. The molecule has 0 aliphatic carbocycles. The number of halogens is 1. The second kappa shape index (κ2) is 3.33. The summed E-state index contributed by atoms with van der Waals surface area (Å²) in [5.41, 5.74) is 6.65. The summed E-state index contributed by atoms with van der Waals surface area (Å²) < 4.78 is 1.88. The molecule has 0 bridgehead atoms. The van der Waals surface area contributed by atoms with Crippen LogP contribution in [0, 0.1) is 6.92 Å². The SMILES string of the molecule is Cc1ncc(C(N)=O)c2sc(Br)cc12. The first-order chi connectivity index (χ1) is 6.59. The number of aryl methyl sites for hydroxylation is 1. The number of primary amides is 1. The van der Waals surface area contributed by atoms with Gasteiger partial charge in [-0.15, -0.1) is 11.3 Å². The quantitative estimate of drug-likeness (QED) is 0.866. The van der Waals surface area contributed by atoms with Crippen molar-refractivity contribution >= 4 is 43.3 Å². The van der Waals surface area contributed by atoms with Crippen LogP contribution in [-0.2, 0) is 0 Å². The molecular formula is C9H7BrN2OS. The van der Waals surface area contributed by atoms with E-state index in [9.17, 15) is 4.79 Å². The van der Waals surface area contributed by atoms with Crippen molar-refractivity contribution < 1.29 is 4.79 Å². The van der Waals surface area contributed by atoms with Crippen LogP contribution in [0.5, 0.6) is 0 Å². The minimum atomic E-state index is -0.433. The molecule has 0 unspecified atom stereocenters. The van der Waals surface area contributed by atoms with Crippen molar-refractivity contribution in [3.63, 3.8) is 0 Å². The first-order valence-corrected chi connectivity index (χ1v) is 5.55. The monoisotopic (exact) mass is 270 g/mol. The molecule has 1 amide bonds. The topological polar surface area (TPSA) is 56.0 Å². The van der Waals surface area contributed by atoms with E-state index in [-0.39, 0.29) is 0 Å². The van der Waals surface area contributed by atoms with E-state index in [2.05, 4.69) is 20.9 Å². The normalized spacial score (nSPS) is 10.7. The molecule has 0 atom stereocenters. The van der Waals surface area contributed by atoms with Crippen LogP contribution in [0.4, 0.5) is 0 Å². The number of hydrogen-bond acceptors (Lipinski definition) is 3. The maximum Gasteiger partial charge on any atom is 0.251 e. The Morgan fingerprint density at radius 1 is 1.64 bits per heavy atom. The third kappa shape index (κ3) is 1.42. The van der Waals surface area contributed by atoms with Crippen molar-refractivity contribution in [3.8, 4) is 0 Å². The van der Waals surface area contributed by atoms with Gasteiger partial charge in [-0.3, -0.25) is 9.78 Å². The Kier molecular flexibility index (Phi) is 2.28. The van der Waals surface area contributed by atoms with E-state index in [0.717, 1.165) is 19.6 Å². The van der Waals surface area contributed by atoms with E-state index in [4.69, 9.17) is 5.73 Å². The number of amides is 1. The number of fused-ring (bicyclic) bond motifs is 1. The van der Waals surface area contributed by atoms with Gasteiger partial charge in [-0.2, -0.15) is 0 Å². The van der Waals surface area contributed by atoms with Crippen LogP contribution in [0.3, 0.4) is 0 Å². The second-order valence-electron chi connectivity index (χ2n) is 2.91. The minimum absolute atomic E-state index is 0.433. The van der Waals surface area contributed by atoms with E-state index in [1.54, 1.807) is 0 Å². The molecule has 0 saturated carbocycles. The molecule has 2 aromatic rings. The fourth-order valence-corrected chi connectivity index (χ4v) is 2.96. The molecule has 0 radical (unpaired) electrons. The molecule has 14 heavy (non-hydrogen) atoms. The third-order valence-electron chi connectivity index (χ3n) is 1.99. The van der Waals surface area contributed by atoms with Gasteiger partial charge in [0.05, 0.1) is 14.0 Å². The Bertz CT molecular complexity index is 521. The zero-order valence-electron chi connectivity index (χ0n) is 7.37. The molecule has 2 rings (SSSR count). The van der Waals surface area contributed by atoms with E-state index in [0.29, 0.717) is 5.56 Å². The van der Waals surface area contributed by atoms with Gasteiger partial charge in [0.25, 0.3) is 5.91 Å². The van der Waals surface area contributed by atoms with Crippen LogP contribution in [0.25, 0.3) is 10.1 Å². The van der Waals surface area contributed by atoms with Crippen LogP contribution < -0.4 is 5.73 Å². The number of nitrogens with zero attached hydrogens (tertiary/aromatic N) is 1. The fourth-order valence-electron chi connectivity index (χ4n) is 1.29. The van der Waals surface area contributed by atoms with Crippen LogP contribution in [0.2, 0.25) is 0 Å². The van der Waals surface area contributed by atoms with E-state index < -0.39 is 5.91 Å². The van der Waals surface area contributed by atoms with E-state index >= 15 is 0 Å². The Morgan fingerprint density at radius 2 is 2.36 bits per heavy atom. The molecule has 2 heterocycles. The van der Waals surface area contributed by atoms with Crippen molar-refractivity contribution in [1.82, 2.24) is 4.98 Å². The maximum atomic E-state index is 11.1. The first-order valence-electron chi connectivity index (χ1n) is 3.94. The number of rotatable bonds is 1. The molecule has 0 spiro atoms. The summed E-state index contributed by atoms with van der Waals surface area (Å²) in [7, 11) is 0. The van der Waals surface area contributed by atoms with Gasteiger partial charge in [-0.1, -0.05) is 0 Å². The predicted molar refractivity (Wildman–Crippen MR) is 60.6 cm³/mol. The van der Waals surface area contributed by atoms with Gasteiger partial charge in [0.1, 0.15) is 0 Å². The van der Waals surface area contributed by atoms with E-state index in [1.807, 2.05) is 13.0 Å². The van der Waals surface area contributed by atoms with Gasteiger partial charge in [0.2, 0.25) is 0 Å². The standard InChI is InChI=1S/C9H7BrN2OS/c1-4-5-2-7(10)14-8(5)6(3-12-4)9(11)13/h2-3H,1H3,(H2,11,13). The van der Waals surface area contributed by atoms with Gasteiger partial charge >= 0.3 is 0 Å². The lowest BCUT2D eigenvalue weighted by molar-refractivity contribution is 0.100. The van der Waals surface area contributed by atoms with Crippen molar-refractivity contribution in [2.45, 2.75) is 6.92 Å². The van der Waals surface area contributed by atoms with Crippen molar-refractivity contribution in [3.05, 3.63) is 27.3 Å². The molecule has 2 N–H and O–H groups in total. The summed E-state index contributed by atoms with van der Waals surface area (Å²) in [5.74, 6) is -0.433. The second-order valence-corrected chi connectivity index (χ2v) is 5.35. The number of aromatic nitrogens is 1. The van der Waals surface area contributed by atoms with Crippen LogP contribution in [-0.4, -0.2) is 10.9 Å². The third-order valence-corrected chi connectivity index (χ3v) is 3.66. The average molecular weight is 271 g/mol. The van der Waals surface area contributed by atoms with Gasteiger partial charge in [-0.05, 0) is 28.9 Å². The van der Waals surface area contributed by atoms with Crippen LogP contribution >= 0.6 is 27.3 Å². The molecule has 0 fully saturated rings. The van der Waals surface area contributed by atoms with Crippen molar-refractivity contribution in [1.29, 1.82) is 0 Å². The van der Waals surface area contributed by atoms with Crippen molar-refractivity contribution in [2.75, 3.05) is 0 Å². The zero-order valence-corrected chi connectivity index (χ0v) is 9.78. The number of carbonyl (C=O) groups excluding carboxylic acids is 1. The van der Waals surface area contributed by atoms with Gasteiger partial charge in [0.15, 0.2) is 0 Å². The zero-order chi connectivity index (χ0) is 10.3. The highest BCUT2D eigenvalue weighted by atomic mass is 79.9. The number of thiophene rings is 1. The highest BCUT2D eigenvalue weighted by molar-refractivity contribution is 9.11. The number of pyridine rings is 1. The first kappa shape index (κ1) is 9.61. The van der Waals surface area contributed by atoms with Gasteiger partial charge in [0, 0.05) is 17.3 Å². The lowest BCUT2D eigenvalue weighted by Crippen LogP contribution is -2.11.